The first-order valence-electron chi connectivity index (χ1n) is 7.10. The highest BCUT2D eigenvalue weighted by Gasteiger charge is 2.12. The van der Waals surface area contributed by atoms with E-state index >= 15 is 0 Å². The van der Waals surface area contributed by atoms with Crippen molar-refractivity contribution in [1.29, 1.82) is 0 Å². The van der Waals surface area contributed by atoms with E-state index in [-0.39, 0.29) is 5.91 Å². The van der Waals surface area contributed by atoms with Gasteiger partial charge in [-0.05, 0) is 37.2 Å². The molecule has 1 amide bonds. The van der Waals surface area contributed by atoms with E-state index in [1.807, 2.05) is 24.3 Å². The fourth-order valence-corrected chi connectivity index (χ4v) is 2.30. The number of carbonyl (C=O) groups is 1. The molecule has 5 nitrogen and oxygen atoms in total. The molecule has 1 aliphatic heterocycles. The molecule has 20 heavy (non-hydrogen) atoms. The summed E-state index contributed by atoms with van der Waals surface area (Å²) in [5, 5.41) is 6.30. The van der Waals surface area contributed by atoms with Crippen LogP contribution in [0.3, 0.4) is 0 Å². The van der Waals surface area contributed by atoms with Crippen LogP contribution < -0.4 is 15.4 Å². The molecule has 0 saturated carbocycles. The van der Waals surface area contributed by atoms with E-state index < -0.39 is 0 Å². The number of amides is 1. The van der Waals surface area contributed by atoms with Gasteiger partial charge in [0.2, 0.25) is 5.91 Å². The Labute approximate surface area is 120 Å². The predicted molar refractivity (Wildman–Crippen MR) is 78.8 cm³/mol. The van der Waals surface area contributed by atoms with Gasteiger partial charge in [-0.3, -0.25) is 9.69 Å². The Morgan fingerprint density at radius 2 is 2.30 bits per heavy atom. The van der Waals surface area contributed by atoms with Crippen molar-refractivity contribution < 1.29 is 9.53 Å². The number of benzene rings is 1. The van der Waals surface area contributed by atoms with E-state index in [1.54, 1.807) is 7.11 Å². The number of hydrogen-bond donors (Lipinski definition) is 2. The van der Waals surface area contributed by atoms with Crippen molar-refractivity contribution in [3.63, 3.8) is 0 Å². The van der Waals surface area contributed by atoms with Crippen LogP contribution in [0.15, 0.2) is 24.3 Å². The summed E-state index contributed by atoms with van der Waals surface area (Å²) in [6, 6.07) is 7.76. The SMILES string of the molecule is COc1cccc(CNC(=O)CN2CCCNCC2)c1. The van der Waals surface area contributed by atoms with Gasteiger partial charge in [0.15, 0.2) is 0 Å². The molecule has 1 saturated heterocycles. The van der Waals surface area contributed by atoms with Gasteiger partial charge in [-0.2, -0.15) is 0 Å². The van der Waals surface area contributed by atoms with Crippen LogP contribution in [-0.4, -0.2) is 50.6 Å². The lowest BCUT2D eigenvalue weighted by Gasteiger charge is -2.18. The molecule has 0 atom stereocenters. The molecule has 1 aromatic carbocycles. The normalized spacial score (nSPS) is 16.4. The smallest absolute Gasteiger partial charge is 0.234 e. The lowest BCUT2D eigenvalue weighted by atomic mass is 10.2. The largest absolute Gasteiger partial charge is 0.497 e. The van der Waals surface area contributed by atoms with E-state index in [0.29, 0.717) is 13.1 Å². The van der Waals surface area contributed by atoms with Crippen LogP contribution in [-0.2, 0) is 11.3 Å². The molecule has 2 N–H and O–H groups in total. The highest BCUT2D eigenvalue weighted by atomic mass is 16.5. The van der Waals surface area contributed by atoms with Crippen LogP contribution in [0.1, 0.15) is 12.0 Å². The Bertz CT molecular complexity index is 429. The van der Waals surface area contributed by atoms with Crippen LogP contribution >= 0.6 is 0 Å². The van der Waals surface area contributed by atoms with Crippen molar-refractivity contribution in [3.8, 4) is 5.75 Å². The fraction of sp³-hybridized carbons (Fsp3) is 0.533. The first-order chi connectivity index (χ1) is 9.78. The van der Waals surface area contributed by atoms with Crippen molar-refractivity contribution in [2.24, 2.45) is 0 Å². The molecule has 2 rings (SSSR count). The number of methoxy groups -OCH3 is 1. The molecular formula is C15H23N3O2. The van der Waals surface area contributed by atoms with Gasteiger partial charge in [-0.1, -0.05) is 12.1 Å². The third kappa shape index (κ3) is 4.83. The lowest BCUT2D eigenvalue weighted by Crippen LogP contribution is -2.38. The van der Waals surface area contributed by atoms with Gasteiger partial charge < -0.3 is 15.4 Å². The van der Waals surface area contributed by atoms with E-state index in [9.17, 15) is 4.79 Å². The monoisotopic (exact) mass is 277 g/mol. The molecule has 0 unspecified atom stereocenters. The molecule has 0 spiro atoms. The van der Waals surface area contributed by atoms with Crippen molar-refractivity contribution >= 4 is 5.91 Å². The first kappa shape index (κ1) is 14.8. The number of carbonyl (C=O) groups excluding carboxylic acids is 1. The van der Waals surface area contributed by atoms with Crippen LogP contribution in [0.25, 0.3) is 0 Å². The van der Waals surface area contributed by atoms with Gasteiger partial charge in [-0.15, -0.1) is 0 Å². The maximum absolute atomic E-state index is 11.9. The maximum Gasteiger partial charge on any atom is 0.234 e. The highest BCUT2D eigenvalue weighted by Crippen LogP contribution is 2.12. The predicted octanol–water partition coefficient (Wildman–Crippen LogP) is 0.607. The van der Waals surface area contributed by atoms with Gasteiger partial charge in [-0.25, -0.2) is 0 Å². The minimum Gasteiger partial charge on any atom is -0.497 e. The quantitative estimate of drug-likeness (QED) is 0.828. The van der Waals surface area contributed by atoms with Crippen molar-refractivity contribution in [2.45, 2.75) is 13.0 Å². The Kier molecular flexibility index (Phi) is 5.83. The number of rotatable bonds is 5. The number of ether oxygens (including phenoxy) is 1. The Morgan fingerprint density at radius 3 is 3.15 bits per heavy atom. The summed E-state index contributed by atoms with van der Waals surface area (Å²) in [6.45, 7) is 4.95. The third-order valence-corrected chi connectivity index (χ3v) is 3.42. The zero-order chi connectivity index (χ0) is 14.2. The molecule has 1 aromatic rings. The standard InChI is InChI=1S/C15H23N3O2/c1-20-14-5-2-4-13(10-14)11-17-15(19)12-18-8-3-6-16-7-9-18/h2,4-5,10,16H,3,6-9,11-12H2,1H3,(H,17,19). The fourth-order valence-electron chi connectivity index (χ4n) is 2.30. The maximum atomic E-state index is 11.9. The van der Waals surface area contributed by atoms with Crippen LogP contribution in [0, 0.1) is 0 Å². The number of nitrogens with zero attached hydrogens (tertiary/aromatic N) is 1. The summed E-state index contributed by atoms with van der Waals surface area (Å²) in [5.74, 6) is 0.894. The second-order valence-electron chi connectivity index (χ2n) is 5.01. The zero-order valence-corrected chi connectivity index (χ0v) is 12.0. The molecule has 1 fully saturated rings. The molecule has 1 heterocycles. The summed E-state index contributed by atoms with van der Waals surface area (Å²) < 4.78 is 5.17. The summed E-state index contributed by atoms with van der Waals surface area (Å²) in [4.78, 5) is 14.1. The molecule has 0 radical (unpaired) electrons. The van der Waals surface area contributed by atoms with E-state index in [0.717, 1.165) is 43.9 Å². The second-order valence-corrected chi connectivity index (χ2v) is 5.01. The van der Waals surface area contributed by atoms with Gasteiger partial charge in [0, 0.05) is 19.6 Å². The first-order valence-corrected chi connectivity index (χ1v) is 7.10. The summed E-state index contributed by atoms with van der Waals surface area (Å²) >= 11 is 0. The molecule has 110 valence electrons. The topological polar surface area (TPSA) is 53.6 Å². The van der Waals surface area contributed by atoms with Gasteiger partial charge in [0.25, 0.3) is 0 Å². The number of hydrogen-bond acceptors (Lipinski definition) is 4. The van der Waals surface area contributed by atoms with E-state index in [4.69, 9.17) is 4.74 Å². The van der Waals surface area contributed by atoms with Crippen LogP contribution in [0.5, 0.6) is 5.75 Å². The second kappa shape index (κ2) is 7.87. The van der Waals surface area contributed by atoms with Gasteiger partial charge >= 0.3 is 0 Å². The molecule has 0 aliphatic carbocycles. The van der Waals surface area contributed by atoms with Crippen LogP contribution in [0.4, 0.5) is 0 Å². The highest BCUT2D eigenvalue weighted by molar-refractivity contribution is 5.78. The Hall–Kier alpha value is -1.59. The summed E-state index contributed by atoms with van der Waals surface area (Å²) in [5.41, 5.74) is 1.05. The lowest BCUT2D eigenvalue weighted by molar-refractivity contribution is -0.122. The van der Waals surface area contributed by atoms with E-state index in [1.165, 1.54) is 0 Å². The Morgan fingerprint density at radius 1 is 1.40 bits per heavy atom. The zero-order valence-electron chi connectivity index (χ0n) is 12.0. The summed E-state index contributed by atoms with van der Waals surface area (Å²) in [7, 11) is 1.64. The average Bonchev–Trinajstić information content (AvgIpc) is 2.74. The minimum atomic E-state index is 0.0784. The number of nitrogens with one attached hydrogen (secondary N) is 2. The van der Waals surface area contributed by atoms with Crippen molar-refractivity contribution in [1.82, 2.24) is 15.5 Å². The Balaban J connectivity index is 1.76. The van der Waals surface area contributed by atoms with Gasteiger partial charge in [0.1, 0.15) is 5.75 Å². The van der Waals surface area contributed by atoms with E-state index in [2.05, 4.69) is 15.5 Å². The van der Waals surface area contributed by atoms with Crippen LogP contribution in [0.2, 0.25) is 0 Å². The molecule has 1 aliphatic rings. The minimum absolute atomic E-state index is 0.0784. The van der Waals surface area contributed by atoms with Gasteiger partial charge in [0.05, 0.1) is 13.7 Å². The average molecular weight is 277 g/mol. The molecule has 0 aromatic heterocycles. The third-order valence-electron chi connectivity index (χ3n) is 3.42. The van der Waals surface area contributed by atoms with Crippen molar-refractivity contribution in [2.75, 3.05) is 39.8 Å². The summed E-state index contributed by atoms with van der Waals surface area (Å²) in [6.07, 6.45) is 1.10. The molecular weight excluding hydrogens is 254 g/mol. The molecule has 5 heteroatoms. The van der Waals surface area contributed by atoms with Crippen molar-refractivity contribution in [3.05, 3.63) is 29.8 Å². The molecule has 0 bridgehead atoms.